The fourth-order valence-electron chi connectivity index (χ4n) is 1.92. The fourth-order valence-corrected chi connectivity index (χ4v) is 1.92. The molecule has 0 aromatic carbocycles. The first-order valence-corrected chi connectivity index (χ1v) is 6.17. The van der Waals surface area contributed by atoms with E-state index in [1.54, 1.807) is 0 Å². The molecule has 0 heterocycles. The SMILES string of the molecule is O=C(CCC1CC1)NC(CC1CC1)C(=O)O. The quantitative estimate of drug-likeness (QED) is 0.690. The minimum atomic E-state index is -0.897. The number of carbonyl (C=O) groups is 2. The molecule has 0 radical (unpaired) electrons. The van der Waals surface area contributed by atoms with Crippen molar-refractivity contribution in [3.05, 3.63) is 0 Å². The molecule has 2 rings (SSSR count). The molecule has 0 aromatic rings. The van der Waals surface area contributed by atoms with E-state index < -0.39 is 12.0 Å². The number of carbonyl (C=O) groups excluding carboxylic acids is 1. The number of hydrogen-bond donors (Lipinski definition) is 2. The van der Waals surface area contributed by atoms with Crippen LogP contribution >= 0.6 is 0 Å². The molecule has 2 saturated carbocycles. The van der Waals surface area contributed by atoms with E-state index in [0.717, 1.165) is 25.2 Å². The lowest BCUT2D eigenvalue weighted by atomic mass is 10.1. The molecule has 4 nitrogen and oxygen atoms in total. The van der Waals surface area contributed by atoms with Crippen molar-refractivity contribution in [1.29, 1.82) is 0 Å². The molecule has 0 saturated heterocycles. The fraction of sp³-hybridized carbons (Fsp3) is 0.833. The first-order chi connectivity index (χ1) is 7.65. The molecule has 16 heavy (non-hydrogen) atoms. The van der Waals surface area contributed by atoms with E-state index in [0.29, 0.717) is 18.8 Å². The molecule has 1 amide bonds. The highest BCUT2D eigenvalue weighted by atomic mass is 16.4. The first kappa shape index (κ1) is 11.4. The second kappa shape index (κ2) is 4.85. The molecule has 0 bridgehead atoms. The molecule has 1 atom stereocenters. The third-order valence-corrected chi connectivity index (χ3v) is 3.38. The third-order valence-electron chi connectivity index (χ3n) is 3.38. The van der Waals surface area contributed by atoms with Crippen molar-refractivity contribution in [2.75, 3.05) is 0 Å². The van der Waals surface area contributed by atoms with E-state index in [4.69, 9.17) is 5.11 Å². The second-order valence-corrected chi connectivity index (χ2v) is 5.12. The summed E-state index contributed by atoms with van der Waals surface area (Å²) in [6, 6.07) is -0.667. The van der Waals surface area contributed by atoms with Crippen molar-refractivity contribution in [2.45, 2.75) is 51.0 Å². The summed E-state index contributed by atoms with van der Waals surface area (Å²) in [5, 5.41) is 11.6. The van der Waals surface area contributed by atoms with Crippen molar-refractivity contribution in [3.8, 4) is 0 Å². The van der Waals surface area contributed by atoms with Gasteiger partial charge in [0.15, 0.2) is 0 Å². The van der Waals surface area contributed by atoms with Crippen LogP contribution in [0, 0.1) is 11.8 Å². The van der Waals surface area contributed by atoms with Crippen LogP contribution < -0.4 is 5.32 Å². The molecule has 4 heteroatoms. The normalized spacial score (nSPS) is 21.5. The van der Waals surface area contributed by atoms with E-state index in [1.165, 1.54) is 12.8 Å². The number of rotatable bonds is 7. The molecular formula is C12H19NO3. The second-order valence-electron chi connectivity index (χ2n) is 5.12. The van der Waals surface area contributed by atoms with E-state index in [2.05, 4.69) is 5.32 Å². The number of carboxylic acid groups (broad SMARTS) is 1. The molecule has 2 N–H and O–H groups in total. The largest absolute Gasteiger partial charge is 0.480 e. The lowest BCUT2D eigenvalue weighted by Gasteiger charge is -2.13. The smallest absolute Gasteiger partial charge is 0.326 e. The summed E-state index contributed by atoms with van der Waals surface area (Å²) in [5.74, 6) is 0.244. The Hall–Kier alpha value is -1.06. The van der Waals surface area contributed by atoms with Gasteiger partial charge in [-0.15, -0.1) is 0 Å². The van der Waals surface area contributed by atoms with E-state index in [-0.39, 0.29) is 5.91 Å². The molecule has 2 aliphatic carbocycles. The average Bonchev–Trinajstić information content (AvgIpc) is 3.09. The van der Waals surface area contributed by atoms with Crippen LogP contribution in [-0.2, 0) is 9.59 Å². The zero-order chi connectivity index (χ0) is 11.5. The van der Waals surface area contributed by atoms with Gasteiger partial charge in [-0.05, 0) is 24.7 Å². The molecule has 0 aliphatic heterocycles. The summed E-state index contributed by atoms with van der Waals surface area (Å²) in [6.45, 7) is 0. The van der Waals surface area contributed by atoms with Crippen LogP contribution in [0.25, 0.3) is 0 Å². The summed E-state index contributed by atoms with van der Waals surface area (Å²) < 4.78 is 0. The zero-order valence-corrected chi connectivity index (χ0v) is 9.45. The maximum Gasteiger partial charge on any atom is 0.326 e. The lowest BCUT2D eigenvalue weighted by Crippen LogP contribution is -2.41. The standard InChI is InChI=1S/C12H19NO3/c14-11(6-5-8-1-2-8)13-10(12(15)16)7-9-3-4-9/h8-10H,1-7H2,(H,13,14)(H,15,16). The summed E-state index contributed by atoms with van der Waals surface area (Å²) in [7, 11) is 0. The van der Waals surface area contributed by atoms with Gasteiger partial charge in [0.25, 0.3) is 0 Å². The Morgan fingerprint density at radius 2 is 1.81 bits per heavy atom. The van der Waals surface area contributed by atoms with Crippen LogP contribution in [0.4, 0.5) is 0 Å². The monoisotopic (exact) mass is 225 g/mol. The maximum atomic E-state index is 11.5. The molecule has 0 spiro atoms. The van der Waals surface area contributed by atoms with Crippen molar-refractivity contribution >= 4 is 11.9 Å². The van der Waals surface area contributed by atoms with Crippen LogP contribution in [0.2, 0.25) is 0 Å². The Morgan fingerprint density at radius 3 is 2.31 bits per heavy atom. The minimum Gasteiger partial charge on any atom is -0.480 e. The van der Waals surface area contributed by atoms with Gasteiger partial charge in [0.2, 0.25) is 5.91 Å². The maximum absolute atomic E-state index is 11.5. The van der Waals surface area contributed by atoms with Crippen LogP contribution in [0.3, 0.4) is 0 Å². The number of carboxylic acids is 1. The Kier molecular flexibility index (Phi) is 3.46. The molecule has 90 valence electrons. The topological polar surface area (TPSA) is 66.4 Å². The summed E-state index contributed by atoms with van der Waals surface area (Å²) >= 11 is 0. The molecule has 2 aliphatic rings. The molecular weight excluding hydrogens is 206 g/mol. The van der Waals surface area contributed by atoms with Gasteiger partial charge in [0.05, 0.1) is 0 Å². The van der Waals surface area contributed by atoms with Gasteiger partial charge in [-0.25, -0.2) is 4.79 Å². The van der Waals surface area contributed by atoms with Crippen LogP contribution in [0.1, 0.15) is 44.9 Å². The molecule has 2 fully saturated rings. The molecule has 1 unspecified atom stereocenters. The van der Waals surface area contributed by atoms with Gasteiger partial charge in [-0.3, -0.25) is 4.79 Å². The summed E-state index contributed by atoms with van der Waals surface area (Å²) in [6.07, 6.45) is 6.70. The highest BCUT2D eigenvalue weighted by Gasteiger charge is 2.30. The van der Waals surface area contributed by atoms with Crippen LogP contribution in [0.5, 0.6) is 0 Å². The van der Waals surface area contributed by atoms with Gasteiger partial charge in [0.1, 0.15) is 6.04 Å². The van der Waals surface area contributed by atoms with Gasteiger partial charge in [-0.2, -0.15) is 0 Å². The number of hydrogen-bond acceptors (Lipinski definition) is 2. The summed E-state index contributed by atoms with van der Waals surface area (Å²) in [4.78, 5) is 22.5. The average molecular weight is 225 g/mol. The van der Waals surface area contributed by atoms with E-state index in [9.17, 15) is 9.59 Å². The summed E-state index contributed by atoms with van der Waals surface area (Å²) in [5.41, 5.74) is 0. The van der Waals surface area contributed by atoms with Crippen molar-refractivity contribution in [2.24, 2.45) is 11.8 Å². The van der Waals surface area contributed by atoms with Crippen LogP contribution in [0.15, 0.2) is 0 Å². The van der Waals surface area contributed by atoms with Crippen molar-refractivity contribution in [1.82, 2.24) is 5.32 Å². The first-order valence-electron chi connectivity index (χ1n) is 6.17. The van der Waals surface area contributed by atoms with Crippen molar-refractivity contribution in [3.63, 3.8) is 0 Å². The minimum absolute atomic E-state index is 0.0973. The number of amides is 1. The Bertz CT molecular complexity index is 282. The van der Waals surface area contributed by atoms with Gasteiger partial charge < -0.3 is 10.4 Å². The predicted molar refractivity (Wildman–Crippen MR) is 58.9 cm³/mol. The number of nitrogens with one attached hydrogen (secondary N) is 1. The van der Waals surface area contributed by atoms with E-state index >= 15 is 0 Å². The van der Waals surface area contributed by atoms with Gasteiger partial charge >= 0.3 is 5.97 Å². The van der Waals surface area contributed by atoms with Gasteiger partial charge in [-0.1, -0.05) is 25.7 Å². The Labute approximate surface area is 95.4 Å². The zero-order valence-electron chi connectivity index (χ0n) is 9.45. The van der Waals surface area contributed by atoms with Crippen molar-refractivity contribution < 1.29 is 14.7 Å². The highest BCUT2D eigenvalue weighted by Crippen LogP contribution is 2.34. The lowest BCUT2D eigenvalue weighted by molar-refractivity contribution is -0.142. The van der Waals surface area contributed by atoms with E-state index in [1.807, 2.05) is 0 Å². The Morgan fingerprint density at radius 1 is 1.19 bits per heavy atom. The highest BCUT2D eigenvalue weighted by molar-refractivity contribution is 5.83. The molecule has 0 aromatic heterocycles. The Balaban J connectivity index is 1.69. The van der Waals surface area contributed by atoms with Gasteiger partial charge in [0, 0.05) is 6.42 Å². The van der Waals surface area contributed by atoms with Crippen LogP contribution in [-0.4, -0.2) is 23.0 Å². The predicted octanol–water partition coefficient (Wildman–Crippen LogP) is 1.55. The third kappa shape index (κ3) is 3.83. The number of aliphatic carboxylic acids is 1.